The Morgan fingerprint density at radius 1 is 1.12 bits per heavy atom. The number of aliphatic hydroxyl groups is 1. The molecule has 0 saturated carbocycles. The lowest BCUT2D eigenvalue weighted by Gasteiger charge is -2.13. The quantitative estimate of drug-likeness (QED) is 0.697. The predicted molar refractivity (Wildman–Crippen MR) is 97.9 cm³/mol. The van der Waals surface area contributed by atoms with Gasteiger partial charge in [0, 0.05) is 24.4 Å². The Balaban J connectivity index is 1.38. The summed E-state index contributed by atoms with van der Waals surface area (Å²) in [5.74, 6) is -0.754. The van der Waals surface area contributed by atoms with Crippen LogP contribution < -0.4 is 5.32 Å². The van der Waals surface area contributed by atoms with Crippen molar-refractivity contribution in [1.29, 1.82) is 0 Å². The maximum atomic E-state index is 12.2. The Morgan fingerprint density at radius 3 is 2.42 bits per heavy atom. The van der Waals surface area contributed by atoms with Crippen molar-refractivity contribution in [3.05, 3.63) is 57.8 Å². The molecule has 0 fully saturated rings. The first-order valence-corrected chi connectivity index (χ1v) is 9.39. The van der Waals surface area contributed by atoms with Crippen LogP contribution >= 0.6 is 11.3 Å². The van der Waals surface area contributed by atoms with Crippen LogP contribution in [-0.2, 0) is 4.79 Å². The number of carbonyl (C=O) groups is 3. The van der Waals surface area contributed by atoms with E-state index >= 15 is 0 Å². The number of carbonyl (C=O) groups excluding carboxylic acids is 3. The highest BCUT2D eigenvalue weighted by molar-refractivity contribution is 7.10. The second kappa shape index (κ2) is 8.25. The molecule has 0 saturated heterocycles. The van der Waals surface area contributed by atoms with E-state index in [4.69, 9.17) is 0 Å². The van der Waals surface area contributed by atoms with Crippen molar-refractivity contribution in [1.82, 2.24) is 10.2 Å². The molecule has 2 heterocycles. The summed E-state index contributed by atoms with van der Waals surface area (Å²) in [5.41, 5.74) is 0.842. The molecular formula is C19H20N2O4S. The highest BCUT2D eigenvalue weighted by atomic mass is 32.1. The molecule has 1 atom stereocenters. The minimum Gasteiger partial charge on any atom is -0.388 e. The molecule has 0 spiro atoms. The molecule has 26 heavy (non-hydrogen) atoms. The van der Waals surface area contributed by atoms with Crippen molar-refractivity contribution in [3.63, 3.8) is 0 Å². The number of thiophene rings is 1. The summed E-state index contributed by atoms with van der Waals surface area (Å²) in [4.78, 5) is 38.4. The van der Waals surface area contributed by atoms with E-state index in [9.17, 15) is 19.5 Å². The van der Waals surface area contributed by atoms with Crippen molar-refractivity contribution in [3.8, 4) is 0 Å². The SMILES string of the molecule is O=C(CCCN1C(=O)c2ccccc2C1=O)NCCC(O)c1cccs1. The molecule has 0 aliphatic carbocycles. The molecule has 3 rings (SSSR count). The van der Waals surface area contributed by atoms with Gasteiger partial charge >= 0.3 is 0 Å². The van der Waals surface area contributed by atoms with E-state index in [0.717, 1.165) is 4.88 Å². The van der Waals surface area contributed by atoms with Crippen molar-refractivity contribution in [2.24, 2.45) is 0 Å². The lowest BCUT2D eigenvalue weighted by atomic mass is 10.1. The number of nitrogens with one attached hydrogen (secondary N) is 1. The van der Waals surface area contributed by atoms with Crippen LogP contribution in [0.3, 0.4) is 0 Å². The van der Waals surface area contributed by atoms with Gasteiger partial charge in [0.15, 0.2) is 0 Å². The molecule has 0 bridgehead atoms. The van der Waals surface area contributed by atoms with E-state index in [-0.39, 0.29) is 30.7 Å². The van der Waals surface area contributed by atoms with Gasteiger partial charge in [-0.2, -0.15) is 0 Å². The molecule has 1 aromatic carbocycles. The largest absolute Gasteiger partial charge is 0.388 e. The van der Waals surface area contributed by atoms with E-state index in [2.05, 4.69) is 5.32 Å². The standard InChI is InChI=1S/C19H20N2O4S/c22-15(16-7-4-12-26-16)9-10-20-17(23)8-3-11-21-18(24)13-5-1-2-6-14(13)19(21)25/h1-2,4-7,12,15,22H,3,8-11H2,(H,20,23). The zero-order valence-corrected chi connectivity index (χ0v) is 15.0. The summed E-state index contributed by atoms with van der Waals surface area (Å²) in [7, 11) is 0. The molecule has 1 aliphatic heterocycles. The van der Waals surface area contributed by atoms with Crippen molar-refractivity contribution < 1.29 is 19.5 Å². The fourth-order valence-corrected chi connectivity index (χ4v) is 3.65. The highest BCUT2D eigenvalue weighted by Gasteiger charge is 2.34. The summed E-state index contributed by atoms with van der Waals surface area (Å²) < 4.78 is 0. The van der Waals surface area contributed by atoms with Gasteiger partial charge in [0.05, 0.1) is 17.2 Å². The number of hydrogen-bond acceptors (Lipinski definition) is 5. The Morgan fingerprint density at radius 2 is 1.81 bits per heavy atom. The predicted octanol–water partition coefficient (Wildman–Crippen LogP) is 2.36. The summed E-state index contributed by atoms with van der Waals surface area (Å²) in [5, 5.41) is 14.6. The van der Waals surface area contributed by atoms with Crippen molar-refractivity contribution in [2.45, 2.75) is 25.4 Å². The molecule has 1 aromatic heterocycles. The van der Waals surface area contributed by atoms with Gasteiger partial charge in [-0.05, 0) is 36.4 Å². The number of hydrogen-bond donors (Lipinski definition) is 2. The second-order valence-electron chi connectivity index (χ2n) is 6.08. The van der Waals surface area contributed by atoms with Crippen LogP contribution in [-0.4, -0.2) is 40.8 Å². The first-order valence-electron chi connectivity index (χ1n) is 8.51. The highest BCUT2D eigenvalue weighted by Crippen LogP contribution is 2.23. The Hall–Kier alpha value is -2.51. The van der Waals surface area contributed by atoms with E-state index in [0.29, 0.717) is 30.5 Å². The van der Waals surface area contributed by atoms with Crippen molar-refractivity contribution >= 4 is 29.1 Å². The van der Waals surface area contributed by atoms with Crippen LogP contribution in [0, 0.1) is 0 Å². The molecule has 136 valence electrons. The van der Waals surface area contributed by atoms with Gasteiger partial charge in [-0.25, -0.2) is 0 Å². The molecule has 0 radical (unpaired) electrons. The minimum absolute atomic E-state index is 0.153. The molecule has 1 aliphatic rings. The van der Waals surface area contributed by atoms with Crippen LogP contribution in [0.2, 0.25) is 0 Å². The number of aliphatic hydroxyl groups excluding tert-OH is 1. The number of amides is 3. The maximum absolute atomic E-state index is 12.2. The average molecular weight is 372 g/mol. The topological polar surface area (TPSA) is 86.7 Å². The lowest BCUT2D eigenvalue weighted by molar-refractivity contribution is -0.121. The maximum Gasteiger partial charge on any atom is 0.261 e. The van der Waals surface area contributed by atoms with Gasteiger partial charge in [0.2, 0.25) is 5.91 Å². The summed E-state index contributed by atoms with van der Waals surface area (Å²) in [6.07, 6.45) is 0.506. The Bertz CT molecular complexity index is 769. The first kappa shape index (κ1) is 18.3. The summed E-state index contributed by atoms with van der Waals surface area (Å²) in [6.45, 7) is 0.600. The Kier molecular flexibility index (Phi) is 5.80. The number of imide groups is 1. The molecule has 2 N–H and O–H groups in total. The molecule has 6 nitrogen and oxygen atoms in total. The molecule has 3 amide bonds. The van der Waals surface area contributed by atoms with Crippen LogP contribution in [0.4, 0.5) is 0 Å². The first-order chi connectivity index (χ1) is 12.6. The fourth-order valence-electron chi connectivity index (χ4n) is 2.90. The normalized spacial score (nSPS) is 14.4. The van der Waals surface area contributed by atoms with Crippen LogP contribution in [0.1, 0.15) is 51.0 Å². The zero-order chi connectivity index (χ0) is 18.5. The third kappa shape index (κ3) is 4.00. The fraction of sp³-hybridized carbons (Fsp3) is 0.316. The van der Waals surface area contributed by atoms with Gasteiger partial charge in [-0.3, -0.25) is 19.3 Å². The van der Waals surface area contributed by atoms with Gasteiger partial charge in [0.1, 0.15) is 0 Å². The van der Waals surface area contributed by atoms with Crippen LogP contribution in [0.5, 0.6) is 0 Å². The average Bonchev–Trinajstić information content (AvgIpc) is 3.25. The summed E-state index contributed by atoms with van der Waals surface area (Å²) in [6, 6.07) is 10.5. The van der Waals surface area contributed by atoms with Crippen molar-refractivity contribution in [2.75, 3.05) is 13.1 Å². The second-order valence-corrected chi connectivity index (χ2v) is 7.06. The van der Waals surface area contributed by atoms with Gasteiger partial charge < -0.3 is 10.4 Å². The smallest absolute Gasteiger partial charge is 0.261 e. The van der Waals surface area contributed by atoms with Gasteiger partial charge in [0.25, 0.3) is 11.8 Å². The monoisotopic (exact) mass is 372 g/mol. The van der Waals surface area contributed by atoms with Crippen LogP contribution in [0.15, 0.2) is 41.8 Å². The van der Waals surface area contributed by atoms with E-state index < -0.39 is 6.10 Å². The van der Waals surface area contributed by atoms with Gasteiger partial charge in [-0.1, -0.05) is 18.2 Å². The molecule has 7 heteroatoms. The molecule has 1 unspecified atom stereocenters. The lowest BCUT2D eigenvalue weighted by Crippen LogP contribution is -2.32. The number of fused-ring (bicyclic) bond motifs is 1. The summed E-state index contributed by atoms with van der Waals surface area (Å²) >= 11 is 1.48. The number of nitrogens with zero attached hydrogens (tertiary/aromatic N) is 1. The number of benzene rings is 1. The third-order valence-electron chi connectivity index (χ3n) is 4.28. The third-order valence-corrected chi connectivity index (χ3v) is 5.25. The van der Waals surface area contributed by atoms with E-state index in [1.807, 2.05) is 17.5 Å². The van der Waals surface area contributed by atoms with E-state index in [1.165, 1.54) is 16.2 Å². The van der Waals surface area contributed by atoms with Gasteiger partial charge in [-0.15, -0.1) is 11.3 Å². The molecular weight excluding hydrogens is 352 g/mol. The molecule has 2 aromatic rings. The van der Waals surface area contributed by atoms with E-state index in [1.54, 1.807) is 24.3 Å². The number of rotatable bonds is 8. The van der Waals surface area contributed by atoms with Crippen LogP contribution in [0.25, 0.3) is 0 Å². The minimum atomic E-state index is -0.575. The Labute approximate surface area is 155 Å². The zero-order valence-electron chi connectivity index (χ0n) is 14.2.